The van der Waals surface area contributed by atoms with Gasteiger partial charge in [0.05, 0.1) is 0 Å². The average molecular weight is 180 g/mol. The molecule has 1 heteroatoms. The van der Waals surface area contributed by atoms with E-state index in [2.05, 4.69) is 4.58 Å². The molecule has 1 nitrogen and oxygen atoms in total. The van der Waals surface area contributed by atoms with Gasteiger partial charge in [0.15, 0.2) is 5.71 Å². The van der Waals surface area contributed by atoms with Crippen molar-refractivity contribution in [3.05, 3.63) is 0 Å². The van der Waals surface area contributed by atoms with E-state index in [1.165, 1.54) is 70.9 Å². The van der Waals surface area contributed by atoms with Gasteiger partial charge in [-0.1, -0.05) is 19.3 Å². The summed E-state index contributed by atoms with van der Waals surface area (Å²) in [6, 6.07) is 0. The summed E-state index contributed by atoms with van der Waals surface area (Å²) in [5, 5.41) is 0. The van der Waals surface area contributed by atoms with E-state index < -0.39 is 0 Å². The molecular formula is C12H22N+. The summed E-state index contributed by atoms with van der Waals surface area (Å²) in [4.78, 5) is 0. The number of rotatable bonds is 0. The van der Waals surface area contributed by atoms with E-state index in [1.807, 2.05) is 0 Å². The Labute approximate surface area is 81.8 Å². The maximum Gasteiger partial charge on any atom is 0.152 e. The average Bonchev–Trinajstić information content (AvgIpc) is 2.55. The van der Waals surface area contributed by atoms with Crippen molar-refractivity contribution >= 4 is 5.71 Å². The molecular weight excluding hydrogens is 158 g/mol. The third-order valence-electron chi connectivity index (χ3n) is 3.48. The largest absolute Gasteiger partial charge is 0.237 e. The smallest absolute Gasteiger partial charge is 0.152 e. The first-order chi connectivity index (χ1) is 6.47. The second kappa shape index (κ2) is 4.78. The third kappa shape index (κ3) is 2.55. The van der Waals surface area contributed by atoms with Gasteiger partial charge in [-0.2, -0.15) is 0 Å². The molecule has 2 rings (SSSR count). The number of nitrogens with zero attached hydrogens (tertiary/aromatic N) is 1. The van der Waals surface area contributed by atoms with Crippen LogP contribution in [0.25, 0.3) is 0 Å². The molecule has 0 radical (unpaired) electrons. The highest BCUT2D eigenvalue weighted by atomic mass is 15.0. The van der Waals surface area contributed by atoms with Crippen molar-refractivity contribution < 1.29 is 4.58 Å². The van der Waals surface area contributed by atoms with Crippen molar-refractivity contribution in [1.29, 1.82) is 0 Å². The minimum Gasteiger partial charge on any atom is -0.237 e. The van der Waals surface area contributed by atoms with Crippen LogP contribution in [-0.4, -0.2) is 23.4 Å². The normalized spacial score (nSPS) is 25.8. The highest BCUT2D eigenvalue weighted by molar-refractivity contribution is 5.79. The lowest BCUT2D eigenvalue weighted by atomic mass is 9.99. The highest BCUT2D eigenvalue weighted by Gasteiger charge is 2.19. The first-order valence-corrected chi connectivity index (χ1v) is 6.06. The zero-order chi connectivity index (χ0) is 8.93. The Morgan fingerprint density at radius 1 is 0.615 bits per heavy atom. The molecule has 13 heavy (non-hydrogen) atoms. The standard InChI is InChI=1S/C12H22N/c1-2-4-8-12(9-5-3-1)13-10-6-7-11-13/h1-11H2/q+1. The summed E-state index contributed by atoms with van der Waals surface area (Å²) >= 11 is 0. The first kappa shape index (κ1) is 9.23. The van der Waals surface area contributed by atoms with Gasteiger partial charge in [0.25, 0.3) is 0 Å². The van der Waals surface area contributed by atoms with Crippen LogP contribution in [0.3, 0.4) is 0 Å². The van der Waals surface area contributed by atoms with E-state index in [0.717, 1.165) is 0 Å². The van der Waals surface area contributed by atoms with E-state index in [4.69, 9.17) is 0 Å². The van der Waals surface area contributed by atoms with Gasteiger partial charge in [-0.3, -0.25) is 0 Å². The summed E-state index contributed by atoms with van der Waals surface area (Å²) in [6.45, 7) is 2.71. The molecule has 0 unspecified atom stereocenters. The van der Waals surface area contributed by atoms with Crippen LogP contribution in [0.15, 0.2) is 0 Å². The molecule has 0 aromatic carbocycles. The zero-order valence-electron chi connectivity index (χ0n) is 8.73. The Morgan fingerprint density at radius 2 is 1.15 bits per heavy atom. The minimum absolute atomic E-state index is 1.36. The van der Waals surface area contributed by atoms with Gasteiger partial charge in [-0.25, -0.2) is 4.58 Å². The lowest BCUT2D eigenvalue weighted by Gasteiger charge is -2.09. The number of hydrogen-bond donors (Lipinski definition) is 0. The van der Waals surface area contributed by atoms with E-state index >= 15 is 0 Å². The number of hydrogen-bond acceptors (Lipinski definition) is 0. The van der Waals surface area contributed by atoms with Gasteiger partial charge in [0.2, 0.25) is 0 Å². The van der Waals surface area contributed by atoms with Gasteiger partial charge >= 0.3 is 0 Å². The Kier molecular flexibility index (Phi) is 3.40. The Hall–Kier alpha value is -0.330. The zero-order valence-corrected chi connectivity index (χ0v) is 8.73. The summed E-state index contributed by atoms with van der Waals surface area (Å²) in [5.74, 6) is 0. The molecule has 1 heterocycles. The van der Waals surface area contributed by atoms with Gasteiger partial charge < -0.3 is 0 Å². The van der Waals surface area contributed by atoms with E-state index in [1.54, 1.807) is 5.71 Å². The topological polar surface area (TPSA) is 3.01 Å². The minimum atomic E-state index is 1.36. The summed E-state index contributed by atoms with van der Waals surface area (Å²) in [6.07, 6.45) is 13.0. The molecule has 1 aliphatic carbocycles. The molecule has 0 atom stereocenters. The van der Waals surface area contributed by atoms with Crippen molar-refractivity contribution in [1.82, 2.24) is 0 Å². The van der Waals surface area contributed by atoms with Crippen LogP contribution in [0, 0.1) is 0 Å². The molecule has 0 amide bonds. The van der Waals surface area contributed by atoms with Crippen LogP contribution in [0.5, 0.6) is 0 Å². The lowest BCUT2D eigenvalue weighted by Crippen LogP contribution is -2.19. The predicted octanol–water partition coefficient (Wildman–Crippen LogP) is 2.98. The molecule has 0 bridgehead atoms. The summed E-state index contributed by atoms with van der Waals surface area (Å²) in [7, 11) is 0. The van der Waals surface area contributed by atoms with Crippen LogP contribution in [0.4, 0.5) is 0 Å². The molecule has 1 aliphatic heterocycles. The van der Waals surface area contributed by atoms with Crippen LogP contribution in [0.2, 0.25) is 0 Å². The van der Waals surface area contributed by atoms with Crippen molar-refractivity contribution in [2.45, 2.75) is 57.8 Å². The van der Waals surface area contributed by atoms with Crippen molar-refractivity contribution in [3.8, 4) is 0 Å². The second-order valence-electron chi connectivity index (χ2n) is 4.53. The van der Waals surface area contributed by atoms with Gasteiger partial charge in [-0.15, -0.1) is 0 Å². The molecule has 0 aromatic heterocycles. The molecule has 2 aliphatic rings. The van der Waals surface area contributed by atoms with Crippen LogP contribution >= 0.6 is 0 Å². The fourth-order valence-corrected chi connectivity index (χ4v) is 2.66. The highest BCUT2D eigenvalue weighted by Crippen LogP contribution is 2.16. The third-order valence-corrected chi connectivity index (χ3v) is 3.48. The van der Waals surface area contributed by atoms with Crippen molar-refractivity contribution in [3.63, 3.8) is 0 Å². The fraction of sp³-hybridized carbons (Fsp3) is 0.917. The molecule has 1 saturated heterocycles. The Bertz CT molecular complexity index is 175. The van der Waals surface area contributed by atoms with Gasteiger partial charge in [0.1, 0.15) is 13.1 Å². The molecule has 0 aromatic rings. The predicted molar refractivity (Wildman–Crippen MR) is 56.6 cm³/mol. The Balaban J connectivity index is 1.97. The molecule has 0 spiro atoms. The van der Waals surface area contributed by atoms with E-state index in [0.29, 0.717) is 0 Å². The van der Waals surface area contributed by atoms with Gasteiger partial charge in [-0.05, 0) is 12.8 Å². The van der Waals surface area contributed by atoms with E-state index in [-0.39, 0.29) is 0 Å². The van der Waals surface area contributed by atoms with Crippen LogP contribution in [0.1, 0.15) is 57.8 Å². The molecule has 2 fully saturated rings. The van der Waals surface area contributed by atoms with E-state index in [9.17, 15) is 0 Å². The maximum absolute atomic E-state index is 2.67. The van der Waals surface area contributed by atoms with Crippen molar-refractivity contribution in [2.24, 2.45) is 0 Å². The first-order valence-electron chi connectivity index (χ1n) is 6.06. The van der Waals surface area contributed by atoms with Gasteiger partial charge in [0, 0.05) is 25.7 Å². The van der Waals surface area contributed by atoms with Crippen molar-refractivity contribution in [2.75, 3.05) is 13.1 Å². The van der Waals surface area contributed by atoms with Crippen LogP contribution < -0.4 is 0 Å². The fourth-order valence-electron chi connectivity index (χ4n) is 2.66. The lowest BCUT2D eigenvalue weighted by molar-refractivity contribution is -0.508. The quantitative estimate of drug-likeness (QED) is 0.504. The molecule has 0 N–H and O–H groups in total. The maximum atomic E-state index is 2.67. The summed E-state index contributed by atoms with van der Waals surface area (Å²) in [5.41, 5.74) is 1.79. The van der Waals surface area contributed by atoms with Crippen LogP contribution in [-0.2, 0) is 0 Å². The summed E-state index contributed by atoms with van der Waals surface area (Å²) < 4.78 is 2.67. The monoisotopic (exact) mass is 180 g/mol. The SMILES string of the molecule is C1CCCC(=[N+]2CCCC2)CCC1. The second-order valence-corrected chi connectivity index (χ2v) is 4.53. The molecule has 1 saturated carbocycles. The molecule has 74 valence electrons. The Morgan fingerprint density at radius 3 is 1.77 bits per heavy atom.